The van der Waals surface area contributed by atoms with E-state index in [0.717, 1.165) is 26.5 Å². The van der Waals surface area contributed by atoms with Crippen molar-refractivity contribution in [3.63, 3.8) is 0 Å². The molecule has 2 N–H and O–H groups in total. The number of amides is 1. The lowest BCUT2D eigenvalue weighted by Crippen LogP contribution is -2.32. The fourth-order valence-corrected chi connectivity index (χ4v) is 5.08. The number of nitrogens with one attached hydrogen (secondary N) is 1. The Bertz CT molecular complexity index is 914. The average molecular weight is 372 g/mol. The Kier molecular flexibility index (Phi) is 4.27. The molecular formula is C18H16N2O3S2. The van der Waals surface area contributed by atoms with Gasteiger partial charge in [0.1, 0.15) is 5.01 Å². The predicted octanol–water partition coefficient (Wildman–Crippen LogP) is 4.01. The van der Waals surface area contributed by atoms with Crippen molar-refractivity contribution in [2.45, 2.75) is 25.3 Å². The van der Waals surface area contributed by atoms with Gasteiger partial charge in [-0.15, -0.1) is 22.7 Å². The number of nitrogens with zero attached hydrogens (tertiary/aromatic N) is 1. The number of carbonyl (C=O) groups is 2. The van der Waals surface area contributed by atoms with E-state index in [2.05, 4.69) is 10.3 Å². The monoisotopic (exact) mass is 372 g/mol. The lowest BCUT2D eigenvalue weighted by molar-refractivity contribution is -0.141. The molecule has 2 atom stereocenters. The van der Waals surface area contributed by atoms with Gasteiger partial charge in [-0.3, -0.25) is 9.59 Å². The van der Waals surface area contributed by atoms with E-state index in [4.69, 9.17) is 5.11 Å². The first-order valence-corrected chi connectivity index (χ1v) is 9.73. The molecule has 7 heteroatoms. The molecule has 1 aliphatic carbocycles. The quantitative estimate of drug-likeness (QED) is 0.725. The highest BCUT2D eigenvalue weighted by molar-refractivity contribution is 7.26. The van der Waals surface area contributed by atoms with Crippen molar-refractivity contribution < 1.29 is 14.7 Å². The van der Waals surface area contributed by atoms with E-state index in [1.165, 1.54) is 11.3 Å². The molecule has 1 aliphatic rings. The number of carboxylic acid groups (broad SMARTS) is 1. The molecule has 128 valence electrons. The first-order valence-electron chi connectivity index (χ1n) is 8.09. The summed E-state index contributed by atoms with van der Waals surface area (Å²) in [6, 6.07) is 11.7. The number of thiazole rings is 1. The van der Waals surface area contributed by atoms with Gasteiger partial charge in [-0.25, -0.2) is 4.98 Å². The molecule has 0 bridgehead atoms. The van der Waals surface area contributed by atoms with Gasteiger partial charge in [0.15, 0.2) is 0 Å². The molecule has 1 saturated carbocycles. The van der Waals surface area contributed by atoms with Gasteiger partial charge in [0.25, 0.3) is 5.91 Å². The van der Waals surface area contributed by atoms with Crippen molar-refractivity contribution in [1.29, 1.82) is 0 Å². The van der Waals surface area contributed by atoms with E-state index in [-0.39, 0.29) is 17.9 Å². The molecular weight excluding hydrogens is 356 g/mol. The summed E-state index contributed by atoms with van der Waals surface area (Å²) in [4.78, 5) is 29.7. The second-order valence-electron chi connectivity index (χ2n) is 6.17. The molecule has 2 aromatic heterocycles. The van der Waals surface area contributed by atoms with Crippen LogP contribution in [0.25, 0.3) is 20.1 Å². The summed E-state index contributed by atoms with van der Waals surface area (Å²) in [7, 11) is 0. The number of thiophene rings is 1. The van der Waals surface area contributed by atoms with E-state index in [1.807, 2.05) is 36.4 Å². The normalized spacial score (nSPS) is 20.0. The third kappa shape index (κ3) is 3.29. The van der Waals surface area contributed by atoms with Gasteiger partial charge in [-0.1, -0.05) is 12.1 Å². The first kappa shape index (κ1) is 16.2. The first-order chi connectivity index (χ1) is 12.1. The Hall–Kier alpha value is -2.25. The highest BCUT2D eigenvalue weighted by Crippen LogP contribution is 2.34. The Morgan fingerprint density at radius 2 is 1.96 bits per heavy atom. The number of carbonyl (C=O) groups excluding carboxylic acids is 1. The van der Waals surface area contributed by atoms with Crippen LogP contribution in [0.4, 0.5) is 0 Å². The van der Waals surface area contributed by atoms with Gasteiger partial charge < -0.3 is 10.4 Å². The van der Waals surface area contributed by atoms with Crippen LogP contribution in [-0.4, -0.2) is 28.0 Å². The van der Waals surface area contributed by atoms with Crippen LogP contribution in [0.3, 0.4) is 0 Å². The Morgan fingerprint density at radius 1 is 1.12 bits per heavy atom. The zero-order valence-corrected chi connectivity index (χ0v) is 14.9. The summed E-state index contributed by atoms with van der Waals surface area (Å²) in [6.07, 6.45) is 1.86. The van der Waals surface area contributed by atoms with E-state index >= 15 is 0 Å². The smallest absolute Gasteiger partial charge is 0.306 e. The summed E-state index contributed by atoms with van der Waals surface area (Å²) in [5.41, 5.74) is 0.965. The summed E-state index contributed by atoms with van der Waals surface area (Å²) in [6.45, 7) is 0. The largest absolute Gasteiger partial charge is 0.481 e. The molecule has 1 amide bonds. The molecule has 4 rings (SSSR count). The molecule has 0 unspecified atom stereocenters. The van der Waals surface area contributed by atoms with Gasteiger partial charge in [0.2, 0.25) is 0 Å². The van der Waals surface area contributed by atoms with Gasteiger partial charge >= 0.3 is 5.97 Å². The molecule has 0 spiro atoms. The van der Waals surface area contributed by atoms with Crippen molar-refractivity contribution >= 4 is 44.8 Å². The molecule has 0 aliphatic heterocycles. The summed E-state index contributed by atoms with van der Waals surface area (Å²) < 4.78 is 1.13. The maximum atomic E-state index is 12.4. The Labute approximate surface area is 152 Å². The molecule has 5 nitrogen and oxygen atoms in total. The van der Waals surface area contributed by atoms with E-state index in [0.29, 0.717) is 17.7 Å². The maximum absolute atomic E-state index is 12.4. The van der Waals surface area contributed by atoms with Gasteiger partial charge in [0, 0.05) is 6.04 Å². The molecule has 25 heavy (non-hydrogen) atoms. The van der Waals surface area contributed by atoms with E-state index in [9.17, 15) is 9.59 Å². The van der Waals surface area contributed by atoms with Crippen LogP contribution in [-0.2, 0) is 4.79 Å². The molecule has 0 radical (unpaired) electrons. The minimum atomic E-state index is -0.772. The Balaban J connectivity index is 1.47. The number of hydrogen-bond donors (Lipinski definition) is 2. The third-order valence-electron chi connectivity index (χ3n) is 4.45. The summed E-state index contributed by atoms with van der Waals surface area (Å²) >= 11 is 3.03. The summed E-state index contributed by atoms with van der Waals surface area (Å²) in [5, 5.41) is 12.9. The summed E-state index contributed by atoms with van der Waals surface area (Å²) in [5.74, 6) is -1.24. The zero-order chi connectivity index (χ0) is 17.4. The molecule has 3 aromatic rings. The predicted molar refractivity (Wildman–Crippen MR) is 99.2 cm³/mol. The number of benzene rings is 1. The highest BCUT2D eigenvalue weighted by atomic mass is 32.1. The number of fused-ring (bicyclic) bond motifs is 1. The number of aromatic nitrogens is 1. The van der Waals surface area contributed by atoms with E-state index < -0.39 is 5.97 Å². The minimum absolute atomic E-state index is 0.0541. The number of para-hydroxylation sites is 1. The second kappa shape index (κ2) is 6.57. The molecule has 1 aromatic carbocycles. The standard InChI is InChI=1S/C18H16N2O3S2/c21-16(19-11-6-5-10(9-11)18(22)23)14-7-8-15(24-14)17-20-12-3-1-2-4-13(12)25-17/h1-4,7-8,10-11H,5-6,9H2,(H,19,21)(H,22,23)/t10-,11+/m0/s1. The van der Waals surface area contributed by atoms with Crippen LogP contribution in [0.5, 0.6) is 0 Å². The number of aliphatic carboxylic acids is 1. The fraction of sp³-hybridized carbons (Fsp3) is 0.278. The van der Waals surface area contributed by atoms with Crippen LogP contribution in [0.1, 0.15) is 28.9 Å². The van der Waals surface area contributed by atoms with Gasteiger partial charge in [0.05, 0.1) is 25.9 Å². The van der Waals surface area contributed by atoms with Gasteiger partial charge in [-0.2, -0.15) is 0 Å². The number of rotatable bonds is 4. The van der Waals surface area contributed by atoms with E-state index in [1.54, 1.807) is 11.3 Å². The van der Waals surface area contributed by atoms with Crippen LogP contribution >= 0.6 is 22.7 Å². The Morgan fingerprint density at radius 3 is 2.72 bits per heavy atom. The minimum Gasteiger partial charge on any atom is -0.481 e. The third-order valence-corrected chi connectivity index (χ3v) is 6.74. The molecule has 0 saturated heterocycles. The van der Waals surface area contributed by atoms with Crippen LogP contribution in [0, 0.1) is 5.92 Å². The van der Waals surface area contributed by atoms with Crippen LogP contribution in [0.2, 0.25) is 0 Å². The topological polar surface area (TPSA) is 79.3 Å². The molecule has 1 fully saturated rings. The highest BCUT2D eigenvalue weighted by Gasteiger charge is 2.30. The van der Waals surface area contributed by atoms with Crippen molar-refractivity contribution in [3.8, 4) is 9.88 Å². The van der Waals surface area contributed by atoms with Crippen molar-refractivity contribution in [3.05, 3.63) is 41.3 Å². The van der Waals surface area contributed by atoms with Crippen LogP contribution < -0.4 is 5.32 Å². The SMILES string of the molecule is O=C(N[C@@H]1CC[C@H](C(=O)O)C1)c1ccc(-c2nc3ccccc3s2)s1. The number of carboxylic acids is 1. The lowest BCUT2D eigenvalue weighted by atomic mass is 10.1. The molecule has 2 heterocycles. The average Bonchev–Trinajstić information content (AvgIpc) is 3.32. The second-order valence-corrected chi connectivity index (χ2v) is 8.28. The van der Waals surface area contributed by atoms with Crippen molar-refractivity contribution in [2.75, 3.05) is 0 Å². The fourth-order valence-electron chi connectivity index (χ4n) is 3.15. The van der Waals surface area contributed by atoms with Crippen LogP contribution in [0.15, 0.2) is 36.4 Å². The number of hydrogen-bond acceptors (Lipinski definition) is 5. The maximum Gasteiger partial charge on any atom is 0.306 e. The van der Waals surface area contributed by atoms with Crippen molar-refractivity contribution in [2.24, 2.45) is 5.92 Å². The van der Waals surface area contributed by atoms with Gasteiger partial charge in [-0.05, 0) is 43.5 Å². The zero-order valence-electron chi connectivity index (χ0n) is 13.3. The van der Waals surface area contributed by atoms with Crippen molar-refractivity contribution in [1.82, 2.24) is 10.3 Å². The lowest BCUT2D eigenvalue weighted by Gasteiger charge is -2.11.